The molecule has 3 nitrogen and oxygen atoms in total. The molecular formula is C16H27NO2S. The van der Waals surface area contributed by atoms with Gasteiger partial charge in [-0.3, -0.25) is 4.79 Å². The first kappa shape index (κ1) is 17.2. The van der Waals surface area contributed by atoms with E-state index in [-0.39, 0.29) is 5.97 Å². The predicted molar refractivity (Wildman–Crippen MR) is 85.1 cm³/mol. The van der Waals surface area contributed by atoms with E-state index in [1.165, 1.54) is 50.5 Å². The van der Waals surface area contributed by atoms with Gasteiger partial charge in [0.25, 0.3) is 0 Å². The molecule has 0 saturated heterocycles. The number of hydrogen-bond acceptors (Lipinski definition) is 4. The maximum atomic E-state index is 11.2. The average Bonchev–Trinajstić information content (AvgIpc) is 2.89. The summed E-state index contributed by atoms with van der Waals surface area (Å²) < 4.78 is 4.67. The molecule has 0 radical (unpaired) electrons. The van der Waals surface area contributed by atoms with Crippen molar-refractivity contribution in [2.75, 3.05) is 13.7 Å². The molecule has 0 bridgehead atoms. The second-order valence-corrected chi connectivity index (χ2v) is 6.32. The van der Waals surface area contributed by atoms with Gasteiger partial charge in [-0.15, -0.1) is 11.3 Å². The molecule has 0 fully saturated rings. The fourth-order valence-electron chi connectivity index (χ4n) is 2.07. The Morgan fingerprint density at radius 3 is 2.60 bits per heavy atom. The molecule has 0 amide bonds. The van der Waals surface area contributed by atoms with E-state index < -0.39 is 0 Å². The lowest BCUT2D eigenvalue weighted by Gasteiger charge is -2.03. The SMILES string of the molecule is CCCCCCCCNCc1ccc(CC(=O)OC)s1. The fraction of sp³-hybridized carbons (Fsp3) is 0.688. The van der Waals surface area contributed by atoms with Crippen LogP contribution in [0.1, 0.15) is 55.2 Å². The molecule has 0 atom stereocenters. The van der Waals surface area contributed by atoms with Crippen molar-refractivity contribution >= 4 is 17.3 Å². The van der Waals surface area contributed by atoms with Gasteiger partial charge in [-0.2, -0.15) is 0 Å². The Labute approximate surface area is 126 Å². The van der Waals surface area contributed by atoms with Crippen LogP contribution in [0.2, 0.25) is 0 Å². The lowest BCUT2D eigenvalue weighted by atomic mass is 10.1. The molecule has 0 unspecified atom stereocenters. The highest BCUT2D eigenvalue weighted by Gasteiger charge is 2.05. The standard InChI is InChI=1S/C16H27NO2S/c1-3-4-5-6-7-8-11-17-13-15-10-9-14(20-15)12-16(18)19-2/h9-10,17H,3-8,11-13H2,1-2H3. The summed E-state index contributed by atoms with van der Waals surface area (Å²) in [6.07, 6.45) is 8.37. The van der Waals surface area contributed by atoms with E-state index in [1.807, 2.05) is 6.07 Å². The maximum absolute atomic E-state index is 11.2. The Bertz CT molecular complexity index is 376. The van der Waals surface area contributed by atoms with E-state index in [0.29, 0.717) is 6.42 Å². The summed E-state index contributed by atoms with van der Waals surface area (Å²) in [5, 5.41) is 3.47. The highest BCUT2D eigenvalue weighted by molar-refractivity contribution is 7.12. The topological polar surface area (TPSA) is 38.3 Å². The highest BCUT2D eigenvalue weighted by Crippen LogP contribution is 2.17. The van der Waals surface area contributed by atoms with Crippen molar-refractivity contribution in [1.29, 1.82) is 0 Å². The predicted octanol–water partition coefficient (Wildman–Crippen LogP) is 3.91. The quantitative estimate of drug-likeness (QED) is 0.497. The van der Waals surface area contributed by atoms with Gasteiger partial charge in [0.2, 0.25) is 0 Å². The Hall–Kier alpha value is -0.870. The molecule has 1 N–H and O–H groups in total. The molecule has 0 spiro atoms. The first-order chi connectivity index (χ1) is 9.76. The van der Waals surface area contributed by atoms with Crippen LogP contribution in [0.15, 0.2) is 12.1 Å². The lowest BCUT2D eigenvalue weighted by molar-refractivity contribution is -0.139. The van der Waals surface area contributed by atoms with Crippen LogP contribution in [0.4, 0.5) is 0 Å². The molecule has 0 aliphatic heterocycles. The van der Waals surface area contributed by atoms with Crippen molar-refractivity contribution in [3.63, 3.8) is 0 Å². The molecule has 1 aromatic rings. The number of carbonyl (C=O) groups excluding carboxylic acids is 1. The highest BCUT2D eigenvalue weighted by atomic mass is 32.1. The molecule has 4 heteroatoms. The second kappa shape index (κ2) is 10.9. The van der Waals surface area contributed by atoms with Crippen LogP contribution >= 0.6 is 11.3 Å². The van der Waals surface area contributed by atoms with Crippen molar-refractivity contribution in [3.05, 3.63) is 21.9 Å². The third kappa shape index (κ3) is 7.65. The van der Waals surface area contributed by atoms with Crippen molar-refractivity contribution < 1.29 is 9.53 Å². The average molecular weight is 297 g/mol. The summed E-state index contributed by atoms with van der Waals surface area (Å²) in [5.41, 5.74) is 0. The minimum atomic E-state index is -0.168. The minimum Gasteiger partial charge on any atom is -0.469 e. The van der Waals surface area contributed by atoms with E-state index in [0.717, 1.165) is 18.0 Å². The van der Waals surface area contributed by atoms with Crippen LogP contribution in [0.25, 0.3) is 0 Å². The van der Waals surface area contributed by atoms with Crippen molar-refractivity contribution in [2.45, 2.75) is 58.4 Å². The van der Waals surface area contributed by atoms with Crippen LogP contribution in [0.3, 0.4) is 0 Å². The molecule has 20 heavy (non-hydrogen) atoms. The number of hydrogen-bond donors (Lipinski definition) is 1. The Morgan fingerprint density at radius 1 is 1.15 bits per heavy atom. The smallest absolute Gasteiger partial charge is 0.310 e. The molecule has 1 aromatic heterocycles. The summed E-state index contributed by atoms with van der Waals surface area (Å²) >= 11 is 1.69. The van der Waals surface area contributed by atoms with Gasteiger partial charge in [-0.1, -0.05) is 39.0 Å². The van der Waals surface area contributed by atoms with E-state index in [2.05, 4.69) is 23.0 Å². The van der Waals surface area contributed by atoms with Crippen molar-refractivity contribution in [2.24, 2.45) is 0 Å². The Kier molecular flexibility index (Phi) is 9.33. The monoisotopic (exact) mass is 297 g/mol. The summed E-state index contributed by atoms with van der Waals surface area (Å²) in [6.45, 7) is 4.23. The van der Waals surface area contributed by atoms with Gasteiger partial charge >= 0.3 is 5.97 Å². The number of carbonyl (C=O) groups is 1. The zero-order chi connectivity index (χ0) is 14.6. The number of esters is 1. The molecule has 0 aliphatic carbocycles. The molecule has 0 aromatic carbocycles. The largest absolute Gasteiger partial charge is 0.469 e. The first-order valence-corrected chi connectivity index (χ1v) is 8.43. The lowest BCUT2D eigenvalue weighted by Crippen LogP contribution is -2.13. The molecular weight excluding hydrogens is 270 g/mol. The van der Waals surface area contributed by atoms with Gasteiger partial charge in [0, 0.05) is 16.3 Å². The summed E-state index contributed by atoms with van der Waals surface area (Å²) in [5.74, 6) is -0.168. The minimum absolute atomic E-state index is 0.168. The second-order valence-electron chi connectivity index (χ2n) is 5.07. The van der Waals surface area contributed by atoms with Gasteiger partial charge in [-0.05, 0) is 25.1 Å². The van der Waals surface area contributed by atoms with Crippen LogP contribution in [0.5, 0.6) is 0 Å². The Balaban J connectivity index is 2.06. The summed E-state index contributed by atoms with van der Waals surface area (Å²) in [6, 6.07) is 4.11. The van der Waals surface area contributed by atoms with Crippen LogP contribution < -0.4 is 5.32 Å². The number of unbranched alkanes of at least 4 members (excludes halogenated alkanes) is 5. The van der Waals surface area contributed by atoms with Gasteiger partial charge in [0.15, 0.2) is 0 Å². The molecule has 0 aliphatic rings. The van der Waals surface area contributed by atoms with E-state index in [1.54, 1.807) is 11.3 Å². The maximum Gasteiger partial charge on any atom is 0.310 e. The van der Waals surface area contributed by atoms with Gasteiger partial charge < -0.3 is 10.1 Å². The van der Waals surface area contributed by atoms with E-state index in [9.17, 15) is 4.79 Å². The zero-order valence-electron chi connectivity index (χ0n) is 12.7. The van der Waals surface area contributed by atoms with E-state index >= 15 is 0 Å². The fourth-order valence-corrected chi connectivity index (χ4v) is 3.04. The summed E-state index contributed by atoms with van der Waals surface area (Å²) in [4.78, 5) is 13.5. The number of methoxy groups -OCH3 is 1. The number of nitrogens with one attached hydrogen (secondary N) is 1. The van der Waals surface area contributed by atoms with Gasteiger partial charge in [0.1, 0.15) is 0 Å². The van der Waals surface area contributed by atoms with Crippen LogP contribution in [-0.2, 0) is 22.5 Å². The third-order valence-corrected chi connectivity index (χ3v) is 4.36. The normalized spacial score (nSPS) is 10.7. The molecule has 1 rings (SSSR count). The van der Waals surface area contributed by atoms with Crippen molar-refractivity contribution in [3.8, 4) is 0 Å². The molecule has 114 valence electrons. The summed E-state index contributed by atoms with van der Waals surface area (Å²) in [7, 11) is 1.43. The third-order valence-electron chi connectivity index (χ3n) is 3.27. The van der Waals surface area contributed by atoms with Gasteiger partial charge in [-0.25, -0.2) is 0 Å². The van der Waals surface area contributed by atoms with Gasteiger partial charge in [0.05, 0.1) is 13.5 Å². The van der Waals surface area contributed by atoms with Crippen LogP contribution in [0, 0.1) is 0 Å². The number of ether oxygens (including phenoxy) is 1. The molecule has 0 saturated carbocycles. The first-order valence-electron chi connectivity index (χ1n) is 7.61. The number of thiophene rings is 1. The van der Waals surface area contributed by atoms with Crippen molar-refractivity contribution in [1.82, 2.24) is 5.32 Å². The zero-order valence-corrected chi connectivity index (χ0v) is 13.6. The van der Waals surface area contributed by atoms with Crippen LogP contribution in [-0.4, -0.2) is 19.6 Å². The number of rotatable bonds is 11. The van der Waals surface area contributed by atoms with E-state index in [4.69, 9.17) is 0 Å². The molecule has 1 heterocycles. The Morgan fingerprint density at radius 2 is 1.85 bits per heavy atom.